The molecule has 2 aromatic heterocycles. The Morgan fingerprint density at radius 1 is 1.19 bits per heavy atom. The van der Waals surface area contributed by atoms with E-state index in [0.29, 0.717) is 18.3 Å². The van der Waals surface area contributed by atoms with E-state index in [1.807, 2.05) is 4.90 Å². The van der Waals surface area contributed by atoms with Crippen molar-refractivity contribution in [1.82, 2.24) is 19.8 Å². The maximum Gasteiger partial charge on any atom is 0.453 e. The van der Waals surface area contributed by atoms with Crippen LogP contribution in [0, 0.1) is 5.92 Å². The van der Waals surface area contributed by atoms with Crippen molar-refractivity contribution in [2.75, 3.05) is 24.5 Å². The van der Waals surface area contributed by atoms with Crippen molar-refractivity contribution in [3.05, 3.63) is 18.0 Å². The number of rotatable bonds is 2. The van der Waals surface area contributed by atoms with E-state index in [-0.39, 0.29) is 5.65 Å². The topological polar surface area (TPSA) is 72.3 Å². The summed E-state index contributed by atoms with van der Waals surface area (Å²) in [5.74, 6) is -0.120. The van der Waals surface area contributed by atoms with Gasteiger partial charge in [0.05, 0.1) is 0 Å². The van der Waals surface area contributed by atoms with E-state index in [4.69, 9.17) is 5.73 Å². The number of hydrogen-bond acceptors (Lipinski definition) is 5. The average molecular weight is 300 g/mol. The van der Waals surface area contributed by atoms with Crippen LogP contribution in [0.15, 0.2) is 12.1 Å². The molecule has 0 bridgehead atoms. The zero-order valence-corrected chi connectivity index (χ0v) is 11.2. The van der Waals surface area contributed by atoms with Crippen LogP contribution in [-0.4, -0.2) is 39.4 Å². The highest BCUT2D eigenvalue weighted by atomic mass is 19.4. The summed E-state index contributed by atoms with van der Waals surface area (Å²) in [4.78, 5) is 1.96. The first-order valence-electron chi connectivity index (χ1n) is 6.73. The molecule has 6 nitrogen and oxygen atoms in total. The van der Waals surface area contributed by atoms with Gasteiger partial charge in [-0.1, -0.05) is 0 Å². The van der Waals surface area contributed by atoms with Gasteiger partial charge >= 0.3 is 6.18 Å². The van der Waals surface area contributed by atoms with Crippen LogP contribution in [0.1, 0.15) is 18.7 Å². The first-order valence-corrected chi connectivity index (χ1v) is 6.73. The highest BCUT2D eigenvalue weighted by molar-refractivity contribution is 5.46. The smallest absolute Gasteiger partial charge is 0.355 e. The van der Waals surface area contributed by atoms with E-state index >= 15 is 0 Å². The standard InChI is InChI=1S/C12H15F3N6/c13-12(14,15)11-18-17-9-1-2-10(19-21(9)11)20-5-3-8(7-16)4-6-20/h1-2,8H,3-7,16H2. The molecule has 0 radical (unpaired) electrons. The van der Waals surface area contributed by atoms with Gasteiger partial charge in [-0.3, -0.25) is 0 Å². The molecule has 0 amide bonds. The molecule has 0 aromatic carbocycles. The van der Waals surface area contributed by atoms with Gasteiger partial charge in [0.2, 0.25) is 0 Å². The van der Waals surface area contributed by atoms with E-state index in [1.165, 1.54) is 6.07 Å². The number of anilines is 1. The van der Waals surface area contributed by atoms with Gasteiger partial charge in [-0.25, -0.2) is 0 Å². The predicted molar refractivity (Wildman–Crippen MR) is 69.8 cm³/mol. The number of piperidine rings is 1. The lowest BCUT2D eigenvalue weighted by atomic mass is 9.97. The number of hydrogen-bond donors (Lipinski definition) is 1. The molecule has 0 saturated carbocycles. The average Bonchev–Trinajstić information content (AvgIpc) is 2.90. The molecule has 0 aliphatic carbocycles. The Hall–Kier alpha value is -1.90. The summed E-state index contributed by atoms with van der Waals surface area (Å²) >= 11 is 0. The van der Waals surface area contributed by atoms with Crippen LogP contribution in [-0.2, 0) is 6.18 Å². The summed E-state index contributed by atoms with van der Waals surface area (Å²) in [6.07, 6.45) is -2.73. The van der Waals surface area contributed by atoms with Gasteiger partial charge < -0.3 is 10.6 Å². The molecule has 9 heteroatoms. The number of nitrogens with two attached hydrogens (primary N) is 1. The summed E-state index contributed by atoms with van der Waals surface area (Å²) in [5.41, 5.74) is 5.72. The third-order valence-electron chi connectivity index (χ3n) is 3.77. The van der Waals surface area contributed by atoms with Crippen molar-refractivity contribution in [3.63, 3.8) is 0 Å². The van der Waals surface area contributed by atoms with Crippen molar-refractivity contribution in [2.45, 2.75) is 19.0 Å². The number of fused-ring (bicyclic) bond motifs is 1. The first kappa shape index (κ1) is 14.1. The van der Waals surface area contributed by atoms with Gasteiger partial charge in [0.1, 0.15) is 5.82 Å². The van der Waals surface area contributed by atoms with Crippen LogP contribution < -0.4 is 10.6 Å². The summed E-state index contributed by atoms with van der Waals surface area (Å²) in [6, 6.07) is 3.17. The fraction of sp³-hybridized carbons (Fsp3) is 0.583. The minimum Gasteiger partial charge on any atom is -0.355 e. The van der Waals surface area contributed by atoms with Gasteiger partial charge in [-0.15, -0.1) is 15.3 Å². The Morgan fingerprint density at radius 2 is 1.90 bits per heavy atom. The fourth-order valence-corrected chi connectivity index (χ4v) is 2.52. The normalized spacial score (nSPS) is 17.6. The van der Waals surface area contributed by atoms with Crippen LogP contribution in [0.4, 0.5) is 19.0 Å². The van der Waals surface area contributed by atoms with Crippen LogP contribution in [0.25, 0.3) is 5.65 Å². The van der Waals surface area contributed by atoms with Crippen molar-refractivity contribution in [2.24, 2.45) is 11.7 Å². The van der Waals surface area contributed by atoms with E-state index in [9.17, 15) is 13.2 Å². The zero-order chi connectivity index (χ0) is 15.0. The second-order valence-corrected chi connectivity index (χ2v) is 5.15. The second kappa shape index (κ2) is 5.14. The van der Waals surface area contributed by atoms with Gasteiger partial charge in [-0.2, -0.15) is 17.7 Å². The fourth-order valence-electron chi connectivity index (χ4n) is 2.52. The lowest BCUT2D eigenvalue weighted by molar-refractivity contribution is -0.146. The molecular weight excluding hydrogens is 285 g/mol. The number of aromatic nitrogens is 4. The molecular formula is C12H15F3N6. The summed E-state index contributed by atoms with van der Waals surface area (Å²) in [5, 5.41) is 10.7. The third kappa shape index (κ3) is 2.65. The summed E-state index contributed by atoms with van der Waals surface area (Å²) in [7, 11) is 0. The van der Waals surface area contributed by atoms with E-state index in [0.717, 1.165) is 30.4 Å². The molecule has 3 heterocycles. The molecule has 0 spiro atoms. The second-order valence-electron chi connectivity index (χ2n) is 5.15. The Labute approximate surface area is 118 Å². The third-order valence-corrected chi connectivity index (χ3v) is 3.77. The van der Waals surface area contributed by atoms with E-state index in [1.54, 1.807) is 6.07 Å². The maximum absolute atomic E-state index is 12.8. The van der Waals surface area contributed by atoms with Crippen molar-refractivity contribution < 1.29 is 13.2 Å². The Balaban J connectivity index is 1.90. The molecule has 21 heavy (non-hydrogen) atoms. The molecule has 2 aromatic rings. The maximum atomic E-state index is 12.8. The Kier molecular flexibility index (Phi) is 3.44. The minimum absolute atomic E-state index is 0.0860. The van der Waals surface area contributed by atoms with Crippen LogP contribution in [0.3, 0.4) is 0 Å². The van der Waals surface area contributed by atoms with Gasteiger partial charge in [-0.05, 0) is 37.4 Å². The quantitative estimate of drug-likeness (QED) is 0.905. The van der Waals surface area contributed by atoms with Crippen LogP contribution >= 0.6 is 0 Å². The molecule has 0 atom stereocenters. The largest absolute Gasteiger partial charge is 0.453 e. The predicted octanol–water partition coefficient (Wildman–Crippen LogP) is 1.32. The molecule has 3 rings (SSSR count). The van der Waals surface area contributed by atoms with E-state index < -0.39 is 12.0 Å². The van der Waals surface area contributed by atoms with Crippen LogP contribution in [0.2, 0.25) is 0 Å². The summed E-state index contributed by atoms with van der Waals surface area (Å²) < 4.78 is 39.2. The number of nitrogens with zero attached hydrogens (tertiary/aromatic N) is 5. The first-order chi connectivity index (χ1) is 9.99. The van der Waals surface area contributed by atoms with Crippen molar-refractivity contribution in [1.29, 1.82) is 0 Å². The Morgan fingerprint density at radius 3 is 2.52 bits per heavy atom. The Bertz CT molecular complexity index is 629. The lowest BCUT2D eigenvalue weighted by Crippen LogP contribution is -2.36. The molecule has 114 valence electrons. The van der Waals surface area contributed by atoms with Crippen molar-refractivity contribution in [3.8, 4) is 0 Å². The zero-order valence-electron chi connectivity index (χ0n) is 11.2. The molecule has 2 N–H and O–H groups in total. The SMILES string of the molecule is NCC1CCN(c2ccc3nnc(C(F)(F)F)n3n2)CC1. The highest BCUT2D eigenvalue weighted by Crippen LogP contribution is 2.28. The van der Waals surface area contributed by atoms with Gasteiger partial charge in [0.25, 0.3) is 5.82 Å². The van der Waals surface area contributed by atoms with E-state index in [2.05, 4.69) is 15.3 Å². The summed E-state index contributed by atoms with van der Waals surface area (Å²) in [6.45, 7) is 2.12. The van der Waals surface area contributed by atoms with Crippen LogP contribution in [0.5, 0.6) is 0 Å². The van der Waals surface area contributed by atoms with Crippen molar-refractivity contribution >= 4 is 11.5 Å². The van der Waals surface area contributed by atoms with Gasteiger partial charge in [0, 0.05) is 13.1 Å². The number of halogens is 3. The number of alkyl halides is 3. The highest BCUT2D eigenvalue weighted by Gasteiger charge is 2.37. The monoisotopic (exact) mass is 300 g/mol. The lowest BCUT2D eigenvalue weighted by Gasteiger charge is -2.32. The minimum atomic E-state index is -4.57. The molecule has 0 unspecified atom stereocenters. The molecule has 1 aliphatic heterocycles. The molecule has 1 saturated heterocycles. The van der Waals surface area contributed by atoms with Gasteiger partial charge in [0.15, 0.2) is 5.65 Å². The molecule has 1 fully saturated rings. The molecule has 1 aliphatic rings.